The van der Waals surface area contributed by atoms with Crippen LogP contribution in [0.4, 0.5) is 9.59 Å². The van der Waals surface area contributed by atoms with Crippen molar-refractivity contribution in [2.75, 3.05) is 72.7 Å². The van der Waals surface area contributed by atoms with E-state index < -0.39 is 16.1 Å². The number of hydrogen-bond donors (Lipinski definition) is 1. The van der Waals surface area contributed by atoms with Crippen LogP contribution in [-0.4, -0.2) is 140 Å². The molecule has 0 spiro atoms. The summed E-state index contributed by atoms with van der Waals surface area (Å²) in [6.45, 7) is 8.64. The van der Waals surface area contributed by atoms with Crippen molar-refractivity contribution in [1.29, 1.82) is 0 Å². The minimum Gasteiger partial charge on any atom is -0.404 e. The van der Waals surface area contributed by atoms with Crippen molar-refractivity contribution in [3.05, 3.63) is 40.7 Å². The number of aromatic nitrogens is 1. The molecule has 3 aliphatic rings. The predicted octanol–water partition coefficient (Wildman–Crippen LogP) is 2.23. The van der Waals surface area contributed by atoms with E-state index in [0.717, 1.165) is 49.7 Å². The summed E-state index contributed by atoms with van der Waals surface area (Å²) in [6.07, 6.45) is 4.12. The van der Waals surface area contributed by atoms with Gasteiger partial charge in [0.2, 0.25) is 10.0 Å². The highest BCUT2D eigenvalue weighted by Crippen LogP contribution is 2.35. The Morgan fingerprint density at radius 3 is 2.24 bits per heavy atom. The molecule has 2 bridgehead atoms. The van der Waals surface area contributed by atoms with E-state index in [-0.39, 0.29) is 41.5 Å². The molecule has 0 saturated carbocycles. The predicted molar refractivity (Wildman–Crippen MR) is 178 cm³/mol. The van der Waals surface area contributed by atoms with Crippen molar-refractivity contribution in [3.8, 4) is 5.75 Å². The topological polar surface area (TPSA) is 128 Å². The molecule has 254 valence electrons. The van der Waals surface area contributed by atoms with Gasteiger partial charge in [-0.15, -0.1) is 0 Å². The van der Waals surface area contributed by atoms with Gasteiger partial charge in [0.25, 0.3) is 5.56 Å². The molecule has 4 heterocycles. The van der Waals surface area contributed by atoms with Gasteiger partial charge in [0.15, 0.2) is 5.75 Å². The van der Waals surface area contributed by atoms with E-state index in [1.807, 2.05) is 43.0 Å². The highest BCUT2D eigenvalue weighted by atomic mass is 32.2. The summed E-state index contributed by atoms with van der Waals surface area (Å²) >= 11 is 0. The van der Waals surface area contributed by atoms with E-state index in [4.69, 9.17) is 4.74 Å². The Balaban J connectivity index is 1.12. The maximum Gasteiger partial charge on any atom is 0.413 e. The summed E-state index contributed by atoms with van der Waals surface area (Å²) in [5, 5.41) is 3.83. The van der Waals surface area contributed by atoms with Crippen LogP contribution in [0.2, 0.25) is 0 Å². The molecule has 46 heavy (non-hydrogen) atoms. The number of nitrogens with zero attached hydrogens (tertiary/aromatic N) is 6. The van der Waals surface area contributed by atoms with Gasteiger partial charge in [-0.2, -0.15) is 4.31 Å². The van der Waals surface area contributed by atoms with E-state index in [0.29, 0.717) is 39.3 Å². The zero-order valence-corrected chi connectivity index (χ0v) is 28.5. The number of nitrogens with one attached hydrogen (secondary N) is 1. The highest BCUT2D eigenvalue weighted by molar-refractivity contribution is 7.88. The summed E-state index contributed by atoms with van der Waals surface area (Å²) in [7, 11) is 0.103. The Morgan fingerprint density at radius 2 is 1.63 bits per heavy atom. The lowest BCUT2D eigenvalue weighted by Gasteiger charge is -2.40. The Kier molecular flexibility index (Phi) is 10.6. The fraction of sp³-hybridized carbons (Fsp3) is 0.656. The summed E-state index contributed by atoms with van der Waals surface area (Å²) < 4.78 is 34.2. The van der Waals surface area contributed by atoms with Gasteiger partial charge in [-0.25, -0.2) is 18.0 Å². The van der Waals surface area contributed by atoms with Gasteiger partial charge in [-0.3, -0.25) is 14.6 Å². The SMILES string of the molecule is CC(C)n1c(=O)c(OC(=O)NC2C[C@H]3CC[C@@H](C2)N3CCN(CCN2CCN(C(=O)N(C)C)CC2)S(C)(=O)=O)cc2ccccc21. The number of carbonyl (C=O) groups is 2. The molecule has 13 nitrogen and oxygen atoms in total. The first-order valence-electron chi connectivity index (χ1n) is 16.3. The molecule has 14 heteroatoms. The van der Waals surface area contributed by atoms with Gasteiger partial charge >= 0.3 is 12.1 Å². The lowest BCUT2D eigenvalue weighted by molar-refractivity contribution is 0.103. The van der Waals surface area contributed by atoms with Crippen LogP contribution in [0.5, 0.6) is 5.75 Å². The van der Waals surface area contributed by atoms with Crippen molar-refractivity contribution in [3.63, 3.8) is 0 Å². The van der Waals surface area contributed by atoms with Crippen LogP contribution in [0.15, 0.2) is 35.1 Å². The van der Waals surface area contributed by atoms with Crippen molar-refractivity contribution in [2.45, 2.75) is 63.7 Å². The number of hydrogen-bond acceptors (Lipinski definition) is 8. The quantitative estimate of drug-likeness (QED) is 0.412. The first-order valence-corrected chi connectivity index (χ1v) is 18.2. The fourth-order valence-electron chi connectivity index (χ4n) is 7.27. The van der Waals surface area contributed by atoms with E-state index in [2.05, 4.69) is 15.1 Å². The highest BCUT2D eigenvalue weighted by Gasteiger charge is 2.41. The Bertz CT molecular complexity index is 1560. The third kappa shape index (κ3) is 7.84. The molecule has 3 aliphatic heterocycles. The number of piperidine rings is 1. The first-order chi connectivity index (χ1) is 21.8. The molecule has 3 atom stereocenters. The van der Waals surface area contributed by atoms with E-state index in [1.54, 1.807) is 33.9 Å². The number of sulfonamides is 1. The van der Waals surface area contributed by atoms with Crippen LogP contribution in [0, 0.1) is 0 Å². The number of piperazine rings is 1. The van der Waals surface area contributed by atoms with Gasteiger partial charge in [0, 0.05) is 96.0 Å². The number of fused-ring (bicyclic) bond motifs is 3. The number of urea groups is 1. The number of carbonyl (C=O) groups excluding carboxylic acids is 2. The van der Waals surface area contributed by atoms with Crippen molar-refractivity contribution < 1.29 is 22.7 Å². The normalized spacial score (nSPS) is 22.5. The molecular weight excluding hydrogens is 610 g/mol. The minimum atomic E-state index is -3.39. The van der Waals surface area contributed by atoms with Crippen molar-refractivity contribution in [2.24, 2.45) is 0 Å². The minimum absolute atomic E-state index is 0.00348. The first kappa shape index (κ1) is 34.1. The molecule has 3 fully saturated rings. The zero-order chi connectivity index (χ0) is 33.2. The summed E-state index contributed by atoms with van der Waals surface area (Å²) in [6, 6.07) is 9.48. The van der Waals surface area contributed by atoms with Crippen LogP contribution in [-0.2, 0) is 10.0 Å². The number of ether oxygens (including phenoxy) is 1. The van der Waals surface area contributed by atoms with Crippen LogP contribution in [0.3, 0.4) is 0 Å². The van der Waals surface area contributed by atoms with E-state index in [1.165, 1.54) is 6.26 Å². The number of benzene rings is 1. The lowest BCUT2D eigenvalue weighted by atomic mass is 9.97. The zero-order valence-electron chi connectivity index (χ0n) is 27.7. The molecular formula is C32H49N7O6S. The number of amides is 3. The standard InChI is InChI=1S/C32H49N7O6S/c1-23(2)39-28-9-7-6-8-24(28)20-29(30(39)40)45-31(41)33-25-21-26-10-11-27(22-25)38(26)19-18-37(46(5,43)44)17-14-35-12-15-36(16-13-35)32(42)34(3)4/h6-9,20,23,25-27H,10-19,21-22H2,1-5H3,(H,33,41)/t25?,26-,27+. The van der Waals surface area contributed by atoms with Crippen molar-refractivity contribution in [1.82, 2.24) is 33.8 Å². The maximum absolute atomic E-state index is 13.2. The second-order valence-corrected chi connectivity index (χ2v) is 15.3. The van der Waals surface area contributed by atoms with Crippen molar-refractivity contribution >= 4 is 33.1 Å². The molecule has 3 saturated heterocycles. The maximum atomic E-state index is 13.2. The average molecular weight is 660 g/mol. The molecule has 2 aromatic rings. The molecule has 1 N–H and O–H groups in total. The Morgan fingerprint density at radius 1 is 1.00 bits per heavy atom. The summed E-state index contributed by atoms with van der Waals surface area (Å²) in [4.78, 5) is 46.4. The molecule has 0 aliphatic carbocycles. The molecule has 1 unspecified atom stereocenters. The number of para-hydroxylation sites is 1. The second-order valence-electron chi connectivity index (χ2n) is 13.3. The summed E-state index contributed by atoms with van der Waals surface area (Å²) in [5.74, 6) is 0.00936. The lowest BCUT2D eigenvalue weighted by Crippen LogP contribution is -2.54. The Labute approximate surface area is 272 Å². The molecule has 1 aromatic carbocycles. The van der Waals surface area contributed by atoms with E-state index >= 15 is 0 Å². The van der Waals surface area contributed by atoms with Gasteiger partial charge in [0.05, 0.1) is 11.8 Å². The van der Waals surface area contributed by atoms with E-state index in [9.17, 15) is 22.8 Å². The van der Waals surface area contributed by atoms with Crippen LogP contribution in [0.25, 0.3) is 10.9 Å². The van der Waals surface area contributed by atoms with Gasteiger partial charge in [0.1, 0.15) is 0 Å². The monoisotopic (exact) mass is 659 g/mol. The largest absolute Gasteiger partial charge is 0.413 e. The smallest absolute Gasteiger partial charge is 0.404 e. The number of rotatable bonds is 10. The third-order valence-corrected chi connectivity index (χ3v) is 10.9. The average Bonchev–Trinajstić information content (AvgIpc) is 3.23. The van der Waals surface area contributed by atoms with Crippen LogP contribution < -0.4 is 15.6 Å². The third-order valence-electron chi connectivity index (χ3n) is 9.61. The van der Waals surface area contributed by atoms with Crippen LogP contribution >= 0.6 is 0 Å². The molecule has 1 aromatic heterocycles. The Hall–Kier alpha value is -3.20. The summed E-state index contributed by atoms with van der Waals surface area (Å²) in [5.41, 5.74) is 0.459. The molecule has 3 amide bonds. The number of pyridine rings is 1. The molecule has 5 rings (SSSR count). The van der Waals surface area contributed by atoms with Crippen LogP contribution in [0.1, 0.15) is 45.6 Å². The van der Waals surface area contributed by atoms with Gasteiger partial charge in [-0.05, 0) is 51.7 Å². The second kappa shape index (κ2) is 14.3. The van der Waals surface area contributed by atoms with Gasteiger partial charge in [-0.1, -0.05) is 18.2 Å². The molecule has 0 radical (unpaired) electrons. The fourth-order valence-corrected chi connectivity index (χ4v) is 8.09. The van der Waals surface area contributed by atoms with Gasteiger partial charge < -0.3 is 24.4 Å².